The van der Waals surface area contributed by atoms with E-state index < -0.39 is 21.0 Å². The van der Waals surface area contributed by atoms with E-state index in [9.17, 15) is 13.2 Å². The van der Waals surface area contributed by atoms with Crippen molar-refractivity contribution in [2.75, 3.05) is 18.9 Å². The average molecular weight is 240 g/mol. The molecule has 86 valence electrons. The first-order chi connectivity index (χ1) is 7.57. The van der Waals surface area contributed by atoms with Crippen LogP contribution in [0, 0.1) is 0 Å². The highest BCUT2D eigenvalue weighted by atomic mass is 32.2. The molecule has 1 amide bonds. The summed E-state index contributed by atoms with van der Waals surface area (Å²) in [6, 6.07) is 6.42. The van der Waals surface area contributed by atoms with Crippen molar-refractivity contribution in [2.24, 2.45) is 0 Å². The molecule has 0 saturated heterocycles. The quantitative estimate of drug-likeness (QED) is 0.763. The molecule has 0 radical (unpaired) electrons. The smallest absolute Gasteiger partial charge is 0.244 e. The van der Waals surface area contributed by atoms with E-state index in [1.807, 2.05) is 0 Å². The van der Waals surface area contributed by atoms with Crippen molar-refractivity contribution in [1.82, 2.24) is 5.32 Å². The zero-order valence-corrected chi connectivity index (χ0v) is 9.54. The largest absolute Gasteiger partial charge is 0.324 e. The van der Waals surface area contributed by atoms with Crippen molar-refractivity contribution in [3.05, 3.63) is 24.3 Å². The van der Waals surface area contributed by atoms with Crippen molar-refractivity contribution in [3.63, 3.8) is 0 Å². The van der Waals surface area contributed by atoms with Crippen molar-refractivity contribution in [2.45, 2.75) is 10.1 Å². The molecule has 0 saturated carbocycles. The molecule has 1 atom stereocenters. The predicted molar refractivity (Wildman–Crippen MR) is 60.0 cm³/mol. The number of hydrogen-bond acceptors (Lipinski definition) is 4. The molecule has 1 unspecified atom stereocenters. The first-order valence-corrected chi connectivity index (χ1v) is 6.40. The summed E-state index contributed by atoms with van der Waals surface area (Å²) in [6.07, 6.45) is 0. The van der Waals surface area contributed by atoms with E-state index in [1.54, 1.807) is 25.2 Å². The first kappa shape index (κ1) is 11.1. The number of sulfone groups is 1. The van der Waals surface area contributed by atoms with Gasteiger partial charge in [0.05, 0.1) is 10.6 Å². The minimum Gasteiger partial charge on any atom is -0.324 e. The summed E-state index contributed by atoms with van der Waals surface area (Å²) in [5.41, 5.74) is 0.361. The van der Waals surface area contributed by atoms with Gasteiger partial charge in [-0.05, 0) is 19.2 Å². The number of fused-ring (bicyclic) bond motifs is 1. The second-order valence-electron chi connectivity index (χ2n) is 3.58. The van der Waals surface area contributed by atoms with E-state index >= 15 is 0 Å². The average Bonchev–Trinajstić information content (AvgIpc) is 2.24. The number of nitrogens with one attached hydrogen (secondary N) is 2. The molecule has 1 aliphatic rings. The monoisotopic (exact) mass is 240 g/mol. The predicted octanol–water partition coefficient (Wildman–Crippen LogP) is 0.000400. The van der Waals surface area contributed by atoms with Crippen molar-refractivity contribution >= 4 is 21.4 Å². The van der Waals surface area contributed by atoms with E-state index in [0.29, 0.717) is 5.69 Å². The maximum absolute atomic E-state index is 12.1. The molecule has 0 spiro atoms. The number of benzene rings is 1. The van der Waals surface area contributed by atoms with E-state index in [0.717, 1.165) is 0 Å². The molecule has 2 rings (SSSR count). The summed E-state index contributed by atoms with van der Waals surface area (Å²) in [7, 11) is -1.95. The number of anilines is 1. The fourth-order valence-corrected chi connectivity index (χ4v) is 3.44. The molecule has 0 aliphatic carbocycles. The molecule has 1 aromatic carbocycles. The standard InChI is InChI=1S/C10H12N2O3S/c1-11-6-9-10(13)12-7-4-2-3-5-8(7)16(9,14)15/h2-5,9,11H,6H2,1H3,(H,12,13). The van der Waals surface area contributed by atoms with E-state index in [-0.39, 0.29) is 11.4 Å². The Morgan fingerprint density at radius 3 is 2.75 bits per heavy atom. The number of carbonyl (C=O) groups is 1. The van der Waals surface area contributed by atoms with E-state index in [2.05, 4.69) is 10.6 Å². The fourth-order valence-electron chi connectivity index (χ4n) is 1.71. The lowest BCUT2D eigenvalue weighted by molar-refractivity contribution is -0.115. The van der Waals surface area contributed by atoms with Crippen LogP contribution in [0.25, 0.3) is 0 Å². The summed E-state index contributed by atoms with van der Waals surface area (Å²) in [4.78, 5) is 11.8. The highest BCUT2D eigenvalue weighted by Crippen LogP contribution is 2.29. The van der Waals surface area contributed by atoms with Gasteiger partial charge >= 0.3 is 0 Å². The summed E-state index contributed by atoms with van der Waals surface area (Å²) >= 11 is 0. The lowest BCUT2D eigenvalue weighted by Gasteiger charge is -2.24. The van der Waals surface area contributed by atoms with Crippen LogP contribution >= 0.6 is 0 Å². The third-order valence-corrected chi connectivity index (χ3v) is 4.61. The van der Waals surface area contributed by atoms with Crippen LogP contribution in [0.5, 0.6) is 0 Å². The van der Waals surface area contributed by atoms with E-state index in [1.165, 1.54) is 6.07 Å². The van der Waals surface area contributed by atoms with Crippen LogP contribution in [0.15, 0.2) is 29.2 Å². The molecule has 5 nitrogen and oxygen atoms in total. The molecule has 2 N–H and O–H groups in total. The molecule has 6 heteroatoms. The van der Waals surface area contributed by atoms with Crippen LogP contribution in [0.3, 0.4) is 0 Å². The van der Waals surface area contributed by atoms with Crippen LogP contribution in [-0.2, 0) is 14.6 Å². The molecule has 1 heterocycles. The van der Waals surface area contributed by atoms with E-state index in [4.69, 9.17) is 0 Å². The van der Waals surface area contributed by atoms with Crippen molar-refractivity contribution < 1.29 is 13.2 Å². The minimum atomic E-state index is -3.57. The highest BCUT2D eigenvalue weighted by molar-refractivity contribution is 7.93. The Kier molecular flexibility index (Phi) is 2.69. The second kappa shape index (κ2) is 3.88. The van der Waals surface area contributed by atoms with Crippen LogP contribution in [0.1, 0.15) is 0 Å². The number of carbonyl (C=O) groups excluding carboxylic acids is 1. The minimum absolute atomic E-state index is 0.114. The highest BCUT2D eigenvalue weighted by Gasteiger charge is 2.39. The summed E-state index contributed by atoms with van der Waals surface area (Å²) in [5.74, 6) is -0.479. The maximum atomic E-state index is 12.1. The van der Waals surface area contributed by atoms with Crippen LogP contribution in [0.2, 0.25) is 0 Å². The Morgan fingerprint density at radius 1 is 1.38 bits per heavy atom. The molecular weight excluding hydrogens is 228 g/mol. The van der Waals surface area contributed by atoms with Gasteiger partial charge in [-0.3, -0.25) is 4.79 Å². The summed E-state index contributed by atoms with van der Waals surface area (Å²) in [5, 5.41) is 4.26. The zero-order valence-electron chi connectivity index (χ0n) is 8.73. The summed E-state index contributed by atoms with van der Waals surface area (Å²) < 4.78 is 24.2. The Bertz CT molecular complexity index is 525. The Hall–Kier alpha value is -1.40. The topological polar surface area (TPSA) is 75.3 Å². The van der Waals surface area contributed by atoms with Crippen LogP contribution in [0.4, 0.5) is 5.69 Å². The normalized spacial score (nSPS) is 22.3. The molecule has 16 heavy (non-hydrogen) atoms. The Balaban J connectivity index is 2.56. The molecule has 0 fully saturated rings. The second-order valence-corrected chi connectivity index (χ2v) is 5.68. The lowest BCUT2D eigenvalue weighted by atomic mass is 10.3. The van der Waals surface area contributed by atoms with Crippen LogP contribution in [-0.4, -0.2) is 33.2 Å². The van der Waals surface area contributed by atoms with Gasteiger partial charge < -0.3 is 10.6 Å². The third-order valence-electron chi connectivity index (χ3n) is 2.51. The number of hydrogen-bond donors (Lipinski definition) is 2. The van der Waals surface area contributed by atoms with Crippen molar-refractivity contribution in [1.29, 1.82) is 0 Å². The number of para-hydroxylation sites is 1. The van der Waals surface area contributed by atoms with Gasteiger partial charge in [0.15, 0.2) is 15.1 Å². The molecule has 1 aliphatic heterocycles. The SMILES string of the molecule is CNCC1C(=O)Nc2ccccc2S1(=O)=O. The zero-order chi connectivity index (χ0) is 11.8. The number of rotatable bonds is 2. The summed E-state index contributed by atoms with van der Waals surface area (Å²) in [6.45, 7) is 0.114. The van der Waals surface area contributed by atoms with Crippen molar-refractivity contribution in [3.8, 4) is 0 Å². The van der Waals surface area contributed by atoms with Gasteiger partial charge in [0, 0.05) is 6.54 Å². The molecule has 0 aromatic heterocycles. The molecule has 1 aromatic rings. The third kappa shape index (κ3) is 1.60. The first-order valence-electron chi connectivity index (χ1n) is 4.86. The van der Waals surface area contributed by atoms with Gasteiger partial charge in [-0.1, -0.05) is 12.1 Å². The molecule has 0 bridgehead atoms. The molecular formula is C10H12N2O3S. The van der Waals surface area contributed by atoms with Gasteiger partial charge in [0.1, 0.15) is 0 Å². The van der Waals surface area contributed by atoms with Gasteiger partial charge in [-0.25, -0.2) is 8.42 Å². The van der Waals surface area contributed by atoms with Gasteiger partial charge in [0.2, 0.25) is 5.91 Å². The van der Waals surface area contributed by atoms with Gasteiger partial charge in [0.25, 0.3) is 0 Å². The van der Waals surface area contributed by atoms with Gasteiger partial charge in [-0.15, -0.1) is 0 Å². The lowest BCUT2D eigenvalue weighted by Crippen LogP contribution is -2.45. The van der Waals surface area contributed by atoms with Gasteiger partial charge in [-0.2, -0.15) is 0 Å². The Morgan fingerprint density at radius 2 is 2.06 bits per heavy atom. The number of amides is 1. The Labute approximate surface area is 93.8 Å². The maximum Gasteiger partial charge on any atom is 0.244 e. The van der Waals surface area contributed by atoms with Crippen LogP contribution < -0.4 is 10.6 Å². The fraction of sp³-hybridized carbons (Fsp3) is 0.300.